The fourth-order valence-electron chi connectivity index (χ4n) is 2.40. The zero-order valence-corrected chi connectivity index (χ0v) is 16.0. The number of carboxylic acid groups (broad SMARTS) is 1. The number of carbonyl (C=O) groups is 3. The molecule has 0 saturated heterocycles. The van der Waals surface area contributed by atoms with Gasteiger partial charge in [-0.3, -0.25) is 4.72 Å². The maximum absolute atomic E-state index is 12.8. The van der Waals surface area contributed by atoms with Crippen LogP contribution in [0.4, 0.5) is 5.69 Å². The van der Waals surface area contributed by atoms with E-state index in [2.05, 4.69) is 14.2 Å². The van der Waals surface area contributed by atoms with Crippen LogP contribution in [0.3, 0.4) is 0 Å². The maximum atomic E-state index is 12.8. The van der Waals surface area contributed by atoms with Crippen LogP contribution in [0.15, 0.2) is 41.3 Å². The molecule has 0 saturated carbocycles. The second kappa shape index (κ2) is 8.09. The summed E-state index contributed by atoms with van der Waals surface area (Å²) in [5, 5.41) is 9.30. The van der Waals surface area contributed by atoms with Gasteiger partial charge in [0.15, 0.2) is 0 Å². The number of aromatic carboxylic acids is 1. The molecule has 2 aromatic rings. The van der Waals surface area contributed by atoms with Crippen LogP contribution in [0.2, 0.25) is 0 Å². The van der Waals surface area contributed by atoms with E-state index in [1.165, 1.54) is 25.1 Å². The van der Waals surface area contributed by atoms with Crippen LogP contribution in [0.5, 0.6) is 0 Å². The number of para-hydroxylation sites is 1. The monoisotopic (exact) mass is 407 g/mol. The Morgan fingerprint density at radius 2 is 1.50 bits per heavy atom. The van der Waals surface area contributed by atoms with Crippen molar-refractivity contribution in [3.05, 3.63) is 58.7 Å². The third-order valence-corrected chi connectivity index (χ3v) is 5.13. The molecule has 0 spiro atoms. The molecular formula is C18H17NO8S. The molecule has 0 bridgehead atoms. The van der Waals surface area contributed by atoms with Gasteiger partial charge in [0.25, 0.3) is 10.0 Å². The number of benzene rings is 2. The van der Waals surface area contributed by atoms with E-state index in [0.717, 1.165) is 32.4 Å². The van der Waals surface area contributed by atoms with Gasteiger partial charge < -0.3 is 14.6 Å². The van der Waals surface area contributed by atoms with E-state index in [1.807, 2.05) is 0 Å². The van der Waals surface area contributed by atoms with Crippen molar-refractivity contribution in [2.75, 3.05) is 18.9 Å². The molecule has 0 unspecified atom stereocenters. The van der Waals surface area contributed by atoms with Gasteiger partial charge in [0.1, 0.15) is 0 Å². The molecule has 0 aliphatic rings. The Bertz CT molecular complexity index is 1030. The summed E-state index contributed by atoms with van der Waals surface area (Å²) in [6.45, 7) is 1.54. The van der Waals surface area contributed by atoms with Gasteiger partial charge in [-0.15, -0.1) is 0 Å². The minimum Gasteiger partial charge on any atom is -0.478 e. The number of ether oxygens (including phenoxy) is 2. The maximum Gasteiger partial charge on any atom is 0.337 e. The normalized spacial score (nSPS) is 10.8. The molecule has 0 aromatic heterocycles. The van der Waals surface area contributed by atoms with E-state index >= 15 is 0 Å². The van der Waals surface area contributed by atoms with Gasteiger partial charge in [0.05, 0.1) is 41.5 Å². The van der Waals surface area contributed by atoms with Gasteiger partial charge >= 0.3 is 17.9 Å². The first-order valence-electron chi connectivity index (χ1n) is 7.78. The largest absolute Gasteiger partial charge is 0.478 e. The minimum absolute atomic E-state index is 0.127. The van der Waals surface area contributed by atoms with E-state index in [-0.39, 0.29) is 22.4 Å². The molecule has 2 aromatic carbocycles. The quantitative estimate of drug-likeness (QED) is 0.695. The first-order valence-corrected chi connectivity index (χ1v) is 9.26. The number of sulfonamides is 1. The second-order valence-corrected chi connectivity index (χ2v) is 7.32. The van der Waals surface area contributed by atoms with Gasteiger partial charge in [-0.2, -0.15) is 0 Å². The molecule has 28 heavy (non-hydrogen) atoms. The lowest BCUT2D eigenvalue weighted by molar-refractivity contribution is 0.0597. The summed E-state index contributed by atoms with van der Waals surface area (Å²) in [6, 6.07) is 7.42. The molecule has 2 rings (SSSR count). The Kier molecular flexibility index (Phi) is 6.04. The first kappa shape index (κ1) is 20.9. The lowest BCUT2D eigenvalue weighted by Gasteiger charge is -2.14. The number of hydrogen-bond acceptors (Lipinski definition) is 7. The summed E-state index contributed by atoms with van der Waals surface area (Å²) in [7, 11) is -2.14. The molecule has 0 fully saturated rings. The lowest BCUT2D eigenvalue weighted by atomic mass is 10.1. The predicted molar refractivity (Wildman–Crippen MR) is 98.1 cm³/mol. The molecule has 0 amide bonds. The minimum atomic E-state index is -4.35. The van der Waals surface area contributed by atoms with Crippen molar-refractivity contribution < 1.29 is 37.4 Å². The average molecular weight is 407 g/mol. The average Bonchev–Trinajstić information content (AvgIpc) is 2.67. The van der Waals surface area contributed by atoms with Crippen molar-refractivity contribution in [3.63, 3.8) is 0 Å². The number of carboxylic acids is 1. The van der Waals surface area contributed by atoms with Crippen LogP contribution in [-0.2, 0) is 19.5 Å². The van der Waals surface area contributed by atoms with Crippen molar-refractivity contribution in [2.24, 2.45) is 0 Å². The zero-order chi connectivity index (χ0) is 21.1. The Morgan fingerprint density at radius 3 is 1.96 bits per heavy atom. The van der Waals surface area contributed by atoms with Crippen molar-refractivity contribution in [3.8, 4) is 0 Å². The van der Waals surface area contributed by atoms with Crippen LogP contribution < -0.4 is 4.72 Å². The van der Waals surface area contributed by atoms with E-state index < -0.39 is 32.8 Å². The number of anilines is 1. The molecule has 0 atom stereocenters. The van der Waals surface area contributed by atoms with Gasteiger partial charge in [-0.05, 0) is 36.8 Å². The number of esters is 2. The van der Waals surface area contributed by atoms with Crippen LogP contribution in [0.1, 0.15) is 36.6 Å². The SMILES string of the molecule is COC(=O)c1cc(C(=O)OC)cc(S(=O)(=O)Nc2c(C)cccc2C(=O)O)c1. The highest BCUT2D eigenvalue weighted by Gasteiger charge is 2.24. The molecule has 9 nitrogen and oxygen atoms in total. The lowest BCUT2D eigenvalue weighted by Crippen LogP contribution is -2.18. The molecular weight excluding hydrogens is 390 g/mol. The molecule has 2 N–H and O–H groups in total. The number of rotatable bonds is 6. The molecule has 10 heteroatoms. The molecule has 0 radical (unpaired) electrons. The highest BCUT2D eigenvalue weighted by atomic mass is 32.2. The third-order valence-electron chi connectivity index (χ3n) is 3.80. The Morgan fingerprint density at radius 1 is 0.964 bits per heavy atom. The number of methoxy groups -OCH3 is 2. The van der Waals surface area contributed by atoms with E-state index in [1.54, 1.807) is 0 Å². The van der Waals surface area contributed by atoms with E-state index in [0.29, 0.717) is 5.56 Å². The summed E-state index contributed by atoms with van der Waals surface area (Å²) in [5.41, 5.74) is -0.372. The summed E-state index contributed by atoms with van der Waals surface area (Å²) in [5.74, 6) is -3.03. The number of nitrogens with one attached hydrogen (secondary N) is 1. The third kappa shape index (κ3) is 4.29. The molecule has 148 valence electrons. The fourth-order valence-corrected chi connectivity index (χ4v) is 3.62. The summed E-state index contributed by atoms with van der Waals surface area (Å²) < 4.78 is 37.1. The van der Waals surface area contributed by atoms with Gasteiger partial charge in [-0.1, -0.05) is 12.1 Å². The van der Waals surface area contributed by atoms with Crippen molar-refractivity contribution in [2.45, 2.75) is 11.8 Å². The van der Waals surface area contributed by atoms with Crippen molar-refractivity contribution in [1.29, 1.82) is 0 Å². The summed E-state index contributed by atoms with van der Waals surface area (Å²) in [4.78, 5) is 34.7. The van der Waals surface area contributed by atoms with Gasteiger partial charge in [-0.25, -0.2) is 22.8 Å². The Balaban J connectivity index is 2.62. The number of carbonyl (C=O) groups excluding carboxylic acids is 2. The van der Waals surface area contributed by atoms with E-state index in [9.17, 15) is 27.9 Å². The summed E-state index contributed by atoms with van der Waals surface area (Å²) >= 11 is 0. The molecule has 0 aliphatic carbocycles. The van der Waals surface area contributed by atoms with Gasteiger partial charge in [0.2, 0.25) is 0 Å². The summed E-state index contributed by atoms with van der Waals surface area (Å²) in [6.07, 6.45) is 0. The Hall–Kier alpha value is -3.40. The molecule has 0 heterocycles. The van der Waals surface area contributed by atoms with Crippen LogP contribution in [-0.4, -0.2) is 45.7 Å². The van der Waals surface area contributed by atoms with Crippen molar-refractivity contribution in [1.82, 2.24) is 0 Å². The highest BCUT2D eigenvalue weighted by Crippen LogP contribution is 2.25. The fraction of sp³-hybridized carbons (Fsp3) is 0.167. The van der Waals surface area contributed by atoms with E-state index in [4.69, 9.17) is 0 Å². The topological polar surface area (TPSA) is 136 Å². The second-order valence-electron chi connectivity index (χ2n) is 5.64. The predicted octanol–water partition coefficient (Wildman–Crippen LogP) is 2.07. The van der Waals surface area contributed by atoms with Crippen LogP contribution in [0, 0.1) is 6.92 Å². The zero-order valence-electron chi connectivity index (χ0n) is 15.2. The Labute approximate surface area is 160 Å². The molecule has 0 aliphatic heterocycles. The highest BCUT2D eigenvalue weighted by molar-refractivity contribution is 7.92. The van der Waals surface area contributed by atoms with Gasteiger partial charge in [0, 0.05) is 0 Å². The van der Waals surface area contributed by atoms with Crippen LogP contribution in [0.25, 0.3) is 0 Å². The van der Waals surface area contributed by atoms with Crippen LogP contribution >= 0.6 is 0 Å². The number of aryl methyl sites for hydroxylation is 1. The smallest absolute Gasteiger partial charge is 0.337 e. The van der Waals surface area contributed by atoms with Crippen molar-refractivity contribution >= 4 is 33.6 Å². The number of hydrogen-bond donors (Lipinski definition) is 2. The first-order chi connectivity index (χ1) is 13.1. The standard InChI is InChI=1S/C18H17NO8S/c1-10-5-4-6-14(16(20)21)15(10)19-28(24,25)13-8-11(17(22)26-2)7-12(9-13)18(23)27-3/h4-9,19H,1-3H3,(H,20,21).